The van der Waals surface area contributed by atoms with Gasteiger partial charge in [0.25, 0.3) is 0 Å². The Balaban J connectivity index is 2.43. The maximum atomic E-state index is 12.5. The lowest BCUT2D eigenvalue weighted by molar-refractivity contribution is -0.160. The van der Waals surface area contributed by atoms with E-state index in [1.54, 1.807) is 0 Å². The lowest BCUT2D eigenvalue weighted by Gasteiger charge is -2.36. The molecule has 0 aromatic carbocycles. The molecule has 1 fully saturated rings. The van der Waals surface area contributed by atoms with E-state index in [-0.39, 0.29) is 18.5 Å². The van der Waals surface area contributed by atoms with Crippen LogP contribution in [0, 0.1) is 0 Å². The van der Waals surface area contributed by atoms with Gasteiger partial charge in [0.05, 0.1) is 0 Å². The Hall–Kier alpha value is -1.27. The normalized spacial score (nSPS) is 19.7. The first kappa shape index (κ1) is 32.8. The van der Waals surface area contributed by atoms with E-state index in [2.05, 4.69) is 56.9 Å². The number of ether oxygens (including phenoxy) is 2. The molecule has 0 radical (unpaired) electrons. The van der Waals surface area contributed by atoms with Gasteiger partial charge in [-0.25, -0.2) is 0 Å². The van der Waals surface area contributed by atoms with Crippen molar-refractivity contribution in [1.29, 1.82) is 0 Å². The van der Waals surface area contributed by atoms with E-state index in [0.29, 0.717) is 36.3 Å². The molecule has 1 aliphatic rings. The highest BCUT2D eigenvalue weighted by Gasteiger charge is 2.26. The van der Waals surface area contributed by atoms with E-state index in [9.17, 15) is 9.59 Å². The van der Waals surface area contributed by atoms with Crippen molar-refractivity contribution in [2.75, 3.05) is 26.2 Å². The van der Waals surface area contributed by atoms with Crippen LogP contribution in [0.5, 0.6) is 0 Å². The number of unbranched alkanes of at least 4 members (excludes halogenated alkanes) is 7. The van der Waals surface area contributed by atoms with Crippen LogP contribution < -0.4 is 0 Å². The van der Waals surface area contributed by atoms with Crippen molar-refractivity contribution in [2.45, 2.75) is 128 Å². The van der Waals surface area contributed by atoms with Crippen molar-refractivity contribution in [3.8, 4) is 0 Å². The summed E-state index contributed by atoms with van der Waals surface area (Å²) in [6.07, 6.45) is 20.9. The maximum absolute atomic E-state index is 12.5. The molecule has 6 heteroatoms. The Morgan fingerprint density at radius 1 is 0.806 bits per heavy atom. The molecule has 0 N–H and O–H groups in total. The summed E-state index contributed by atoms with van der Waals surface area (Å²) in [7, 11) is 0. The molecular weight excluding hydrogens is 470 g/mol. The van der Waals surface area contributed by atoms with Gasteiger partial charge in [0.1, 0.15) is 12.7 Å². The number of hydrogen-bond donors (Lipinski definition) is 0. The summed E-state index contributed by atoms with van der Waals surface area (Å²) in [5.74, 6) is -0.409. The lowest BCUT2D eigenvalue weighted by atomic mass is 10.1. The van der Waals surface area contributed by atoms with Crippen LogP contribution in [-0.4, -0.2) is 59.7 Å². The highest BCUT2D eigenvalue weighted by Crippen LogP contribution is 2.25. The van der Waals surface area contributed by atoms with Crippen LogP contribution in [-0.2, 0) is 19.1 Å². The first-order valence-corrected chi connectivity index (χ1v) is 15.4. The largest absolute Gasteiger partial charge is 0.462 e. The number of thioether (sulfide) groups is 1. The molecule has 0 aromatic rings. The average Bonchev–Trinajstić information content (AvgIpc) is 2.83. The summed E-state index contributed by atoms with van der Waals surface area (Å²) >= 11 is 2.00. The molecule has 1 saturated heterocycles. The fourth-order valence-corrected chi connectivity index (χ4v) is 5.77. The van der Waals surface area contributed by atoms with Gasteiger partial charge < -0.3 is 9.47 Å². The minimum absolute atomic E-state index is 0.136. The molecule has 1 rings (SSSR count). The second kappa shape index (κ2) is 21.8. The first-order chi connectivity index (χ1) is 17.4. The molecule has 3 unspecified atom stereocenters. The molecule has 0 bridgehead atoms. The van der Waals surface area contributed by atoms with Crippen LogP contribution in [0.15, 0.2) is 24.3 Å². The Labute approximate surface area is 225 Å². The topological polar surface area (TPSA) is 55.8 Å². The monoisotopic (exact) mass is 523 g/mol. The van der Waals surface area contributed by atoms with Gasteiger partial charge >= 0.3 is 11.9 Å². The fraction of sp³-hybridized carbons (Fsp3) is 0.800. The van der Waals surface area contributed by atoms with Crippen LogP contribution in [0.25, 0.3) is 0 Å². The van der Waals surface area contributed by atoms with Crippen molar-refractivity contribution >= 4 is 23.7 Å². The summed E-state index contributed by atoms with van der Waals surface area (Å²) in [5, 5.41) is 1.09. The van der Waals surface area contributed by atoms with E-state index in [1.165, 1.54) is 32.1 Å². The van der Waals surface area contributed by atoms with Gasteiger partial charge in [-0.15, -0.1) is 0 Å². The van der Waals surface area contributed by atoms with Crippen molar-refractivity contribution in [3.05, 3.63) is 24.3 Å². The number of carbonyl (C=O) groups is 2. The molecule has 0 aromatic heterocycles. The molecule has 5 nitrogen and oxygen atoms in total. The Morgan fingerprint density at radius 2 is 1.39 bits per heavy atom. The number of rotatable bonds is 20. The minimum atomic E-state index is -0.414. The highest BCUT2D eigenvalue weighted by atomic mass is 32.2. The van der Waals surface area contributed by atoms with Crippen LogP contribution in [0.1, 0.15) is 111 Å². The van der Waals surface area contributed by atoms with Crippen LogP contribution in [0.3, 0.4) is 0 Å². The quantitative estimate of drug-likeness (QED) is 0.0936. The molecule has 36 heavy (non-hydrogen) atoms. The third kappa shape index (κ3) is 18.0. The zero-order valence-corrected chi connectivity index (χ0v) is 24.4. The van der Waals surface area contributed by atoms with Gasteiger partial charge in [0, 0.05) is 43.0 Å². The minimum Gasteiger partial charge on any atom is -0.462 e. The van der Waals surface area contributed by atoms with E-state index in [0.717, 1.165) is 45.2 Å². The average molecular weight is 524 g/mol. The third-order valence-electron chi connectivity index (χ3n) is 6.23. The van der Waals surface area contributed by atoms with Crippen molar-refractivity contribution in [3.63, 3.8) is 0 Å². The number of hydrogen-bond acceptors (Lipinski definition) is 6. The summed E-state index contributed by atoms with van der Waals surface area (Å²) in [4.78, 5) is 27.2. The predicted octanol–water partition coefficient (Wildman–Crippen LogP) is 7.49. The molecule has 0 saturated carbocycles. The van der Waals surface area contributed by atoms with Gasteiger partial charge in [-0.3, -0.25) is 14.5 Å². The molecule has 0 amide bonds. The lowest BCUT2D eigenvalue weighted by Crippen LogP contribution is -2.46. The van der Waals surface area contributed by atoms with Gasteiger partial charge in [0.15, 0.2) is 0 Å². The Morgan fingerprint density at radius 3 is 2.03 bits per heavy atom. The fourth-order valence-electron chi connectivity index (χ4n) is 4.39. The second-order valence-corrected chi connectivity index (χ2v) is 12.0. The zero-order chi connectivity index (χ0) is 26.4. The Bertz CT molecular complexity index is 626. The smallest absolute Gasteiger partial charge is 0.306 e. The summed E-state index contributed by atoms with van der Waals surface area (Å²) in [6.45, 7) is 11.6. The molecule has 3 atom stereocenters. The van der Waals surface area contributed by atoms with E-state index in [1.807, 2.05) is 11.8 Å². The van der Waals surface area contributed by atoms with Crippen LogP contribution >= 0.6 is 11.8 Å². The number of carbonyl (C=O) groups excluding carboxylic acids is 2. The molecule has 0 aliphatic carbocycles. The Kier molecular flexibility index (Phi) is 19.8. The summed E-state index contributed by atoms with van der Waals surface area (Å²) in [6, 6.07) is 0. The van der Waals surface area contributed by atoms with E-state index in [4.69, 9.17) is 9.47 Å². The summed E-state index contributed by atoms with van der Waals surface area (Å²) < 4.78 is 11.4. The third-order valence-corrected chi connectivity index (χ3v) is 7.46. The van der Waals surface area contributed by atoms with Crippen molar-refractivity contribution in [1.82, 2.24) is 4.90 Å². The van der Waals surface area contributed by atoms with E-state index >= 15 is 0 Å². The van der Waals surface area contributed by atoms with Gasteiger partial charge in [-0.1, -0.05) is 77.7 Å². The van der Waals surface area contributed by atoms with Gasteiger partial charge in [0.2, 0.25) is 0 Å². The van der Waals surface area contributed by atoms with Crippen molar-refractivity contribution in [2.24, 2.45) is 0 Å². The first-order valence-electron chi connectivity index (χ1n) is 14.5. The highest BCUT2D eigenvalue weighted by molar-refractivity contribution is 8.00. The van der Waals surface area contributed by atoms with Crippen molar-refractivity contribution < 1.29 is 19.1 Å². The molecule has 1 aliphatic heterocycles. The van der Waals surface area contributed by atoms with E-state index < -0.39 is 6.10 Å². The summed E-state index contributed by atoms with van der Waals surface area (Å²) in [5.41, 5.74) is 0. The second-order valence-electron chi connectivity index (χ2n) is 10.1. The number of nitrogens with zero attached hydrogens (tertiary/aromatic N) is 1. The number of allylic oxidation sites excluding steroid dienone is 4. The van der Waals surface area contributed by atoms with Gasteiger partial charge in [-0.2, -0.15) is 11.8 Å². The predicted molar refractivity (Wildman–Crippen MR) is 153 cm³/mol. The zero-order valence-electron chi connectivity index (χ0n) is 23.6. The molecule has 1 heterocycles. The SMILES string of the molecule is CCCC/C=C\CCCCC(=O)OC(COC(=O)CC/C=C\CCCCC)CN1CC(C)SC(C)C1. The van der Waals surface area contributed by atoms with Crippen LogP contribution in [0.4, 0.5) is 0 Å². The molecule has 208 valence electrons. The number of esters is 2. The molecule has 0 spiro atoms. The standard InChI is InChI=1S/C30H53NO4S/c1-5-7-9-11-13-15-17-19-21-30(33)35-28(24-31-22-26(3)36-27(4)23-31)25-34-29(32)20-18-16-14-12-10-8-6-2/h11,13-14,16,26-28H,5-10,12,15,17-25H2,1-4H3/b13-11-,16-14-. The van der Waals surface area contributed by atoms with Gasteiger partial charge in [-0.05, 0) is 44.9 Å². The van der Waals surface area contributed by atoms with Crippen LogP contribution in [0.2, 0.25) is 0 Å². The maximum Gasteiger partial charge on any atom is 0.306 e. The molecular formula is C30H53NO4S.